The Kier molecular flexibility index (Phi) is 3.40. The van der Waals surface area contributed by atoms with Crippen molar-refractivity contribution in [2.24, 2.45) is 11.3 Å². The first-order valence-electron chi connectivity index (χ1n) is 7.82. The van der Waals surface area contributed by atoms with Gasteiger partial charge in [0.2, 0.25) is 5.91 Å². The van der Waals surface area contributed by atoms with E-state index < -0.39 is 4.33 Å². The number of amides is 1. The summed E-state index contributed by atoms with van der Waals surface area (Å²) in [5.74, 6) is -0.0188. The fraction of sp³-hybridized carbons (Fsp3) is 0.611. The molecule has 3 rings (SSSR count). The number of anilines is 1. The molecular weight excluding hydrogens is 317 g/mol. The smallest absolute Gasteiger partial charge is 0.231 e. The van der Waals surface area contributed by atoms with Gasteiger partial charge in [-0.1, -0.05) is 46.8 Å². The van der Waals surface area contributed by atoms with Crippen LogP contribution in [0.5, 0.6) is 0 Å². The van der Waals surface area contributed by atoms with E-state index in [-0.39, 0.29) is 22.7 Å². The van der Waals surface area contributed by atoms with Crippen LogP contribution in [0.4, 0.5) is 5.69 Å². The summed E-state index contributed by atoms with van der Waals surface area (Å²) >= 11 is 12.5. The lowest BCUT2D eigenvalue weighted by molar-refractivity contribution is -0.118. The van der Waals surface area contributed by atoms with Gasteiger partial charge in [-0.25, -0.2) is 0 Å². The third kappa shape index (κ3) is 2.11. The van der Waals surface area contributed by atoms with Crippen LogP contribution < -0.4 is 5.32 Å². The fourth-order valence-corrected chi connectivity index (χ4v) is 4.98. The predicted octanol–water partition coefficient (Wildman–Crippen LogP) is 5.24. The van der Waals surface area contributed by atoms with Gasteiger partial charge in [0.1, 0.15) is 4.33 Å². The molecule has 22 heavy (non-hydrogen) atoms. The van der Waals surface area contributed by atoms with Gasteiger partial charge in [0.15, 0.2) is 0 Å². The molecule has 2 aliphatic carbocycles. The Morgan fingerprint density at radius 2 is 1.82 bits per heavy atom. The van der Waals surface area contributed by atoms with E-state index in [2.05, 4.69) is 32.2 Å². The monoisotopic (exact) mass is 339 g/mol. The van der Waals surface area contributed by atoms with Gasteiger partial charge < -0.3 is 5.32 Å². The minimum atomic E-state index is -0.972. The summed E-state index contributed by atoms with van der Waals surface area (Å²) in [6, 6.07) is 6.16. The molecule has 1 saturated carbocycles. The van der Waals surface area contributed by atoms with Crippen LogP contribution >= 0.6 is 23.2 Å². The van der Waals surface area contributed by atoms with Crippen molar-refractivity contribution in [2.75, 3.05) is 5.32 Å². The molecule has 1 aromatic rings. The first-order chi connectivity index (χ1) is 10.00. The molecule has 0 spiro atoms. The topological polar surface area (TPSA) is 29.1 Å². The summed E-state index contributed by atoms with van der Waals surface area (Å²) in [6.07, 6.45) is 1.10. The van der Waals surface area contributed by atoms with E-state index in [9.17, 15) is 4.79 Å². The van der Waals surface area contributed by atoms with E-state index in [0.29, 0.717) is 5.92 Å². The first kappa shape index (κ1) is 16.1. The number of carbonyl (C=O) groups is 1. The molecule has 0 aliphatic heterocycles. The van der Waals surface area contributed by atoms with Crippen LogP contribution in [0.15, 0.2) is 18.2 Å². The summed E-state index contributed by atoms with van der Waals surface area (Å²) < 4.78 is -0.972. The van der Waals surface area contributed by atoms with Gasteiger partial charge in [-0.3, -0.25) is 4.79 Å². The van der Waals surface area contributed by atoms with Crippen LogP contribution in [0.25, 0.3) is 0 Å². The van der Waals surface area contributed by atoms with Crippen LogP contribution in [0, 0.1) is 11.3 Å². The van der Waals surface area contributed by atoms with Crippen molar-refractivity contribution in [3.8, 4) is 0 Å². The second-order valence-electron chi connectivity index (χ2n) is 8.02. The van der Waals surface area contributed by atoms with E-state index in [0.717, 1.165) is 12.1 Å². The molecule has 1 amide bonds. The Balaban J connectivity index is 1.90. The Hall–Kier alpha value is -0.730. The molecule has 120 valence electrons. The van der Waals surface area contributed by atoms with Gasteiger partial charge >= 0.3 is 0 Å². The maximum absolute atomic E-state index is 12.6. The number of hydrogen-bond donors (Lipinski definition) is 1. The third-order valence-electron chi connectivity index (χ3n) is 5.52. The number of rotatable bonds is 2. The number of alkyl halides is 2. The zero-order chi connectivity index (χ0) is 16.5. The van der Waals surface area contributed by atoms with Crippen molar-refractivity contribution in [2.45, 2.75) is 56.7 Å². The van der Waals surface area contributed by atoms with Gasteiger partial charge in [0, 0.05) is 11.1 Å². The lowest BCUT2D eigenvalue weighted by atomic mass is 9.86. The number of fused-ring (bicyclic) bond motifs is 1. The highest BCUT2D eigenvalue weighted by Crippen LogP contribution is 2.69. The summed E-state index contributed by atoms with van der Waals surface area (Å²) in [5.41, 5.74) is 3.26. The van der Waals surface area contributed by atoms with Crippen LogP contribution in [-0.2, 0) is 10.2 Å². The highest BCUT2D eigenvalue weighted by Gasteiger charge is 2.73. The predicted molar refractivity (Wildman–Crippen MR) is 92.8 cm³/mol. The van der Waals surface area contributed by atoms with Gasteiger partial charge in [-0.2, -0.15) is 0 Å². The van der Waals surface area contributed by atoms with E-state index in [1.165, 1.54) is 11.1 Å². The largest absolute Gasteiger partial charge is 0.325 e. The van der Waals surface area contributed by atoms with Crippen LogP contribution in [0.3, 0.4) is 0 Å². The van der Waals surface area contributed by atoms with Crippen molar-refractivity contribution in [3.05, 3.63) is 29.3 Å². The fourth-order valence-electron chi connectivity index (χ4n) is 4.13. The summed E-state index contributed by atoms with van der Waals surface area (Å²) in [4.78, 5) is 12.6. The maximum atomic E-state index is 12.6. The normalized spacial score (nSPS) is 29.8. The second kappa shape index (κ2) is 4.64. The SMILES string of the molecule is CC1CC(C)(C)c2cccc(NC(=O)C3C(C)(C)C3(Cl)Cl)c21. The van der Waals surface area contributed by atoms with E-state index in [4.69, 9.17) is 23.2 Å². The number of halogens is 2. The number of nitrogens with one attached hydrogen (secondary N) is 1. The molecule has 0 aromatic heterocycles. The molecule has 1 N–H and O–H groups in total. The highest BCUT2D eigenvalue weighted by molar-refractivity contribution is 6.53. The zero-order valence-corrected chi connectivity index (χ0v) is 15.3. The molecule has 2 unspecified atom stereocenters. The number of carbonyl (C=O) groups excluding carboxylic acids is 1. The second-order valence-corrected chi connectivity index (χ2v) is 9.41. The third-order valence-corrected chi connectivity index (χ3v) is 6.94. The number of benzene rings is 1. The Bertz CT molecular complexity index is 634. The van der Waals surface area contributed by atoms with Crippen molar-refractivity contribution >= 4 is 34.8 Å². The van der Waals surface area contributed by atoms with Crippen molar-refractivity contribution in [3.63, 3.8) is 0 Å². The molecule has 0 heterocycles. The standard InChI is InChI=1S/C18H23Cl2NO/c1-10-9-16(2,3)11-7-6-8-12(13(10)11)21-15(22)14-17(4,5)18(14,19)20/h6-8,10,14H,9H2,1-5H3,(H,21,22). The molecule has 2 atom stereocenters. The highest BCUT2D eigenvalue weighted by atomic mass is 35.5. The maximum Gasteiger partial charge on any atom is 0.231 e. The van der Waals surface area contributed by atoms with Crippen molar-refractivity contribution in [1.29, 1.82) is 0 Å². The lowest BCUT2D eigenvalue weighted by Gasteiger charge is -2.19. The molecule has 2 nitrogen and oxygen atoms in total. The first-order valence-corrected chi connectivity index (χ1v) is 8.58. The minimum Gasteiger partial charge on any atom is -0.325 e. The zero-order valence-electron chi connectivity index (χ0n) is 13.8. The molecule has 1 fully saturated rings. The average molecular weight is 340 g/mol. The number of hydrogen-bond acceptors (Lipinski definition) is 1. The molecular formula is C18H23Cl2NO. The molecule has 0 radical (unpaired) electrons. The molecule has 0 bridgehead atoms. The van der Waals surface area contributed by atoms with Gasteiger partial charge in [-0.05, 0) is 34.9 Å². The lowest BCUT2D eigenvalue weighted by Crippen LogP contribution is -2.19. The minimum absolute atomic E-state index is 0.0830. The van der Waals surface area contributed by atoms with E-state index >= 15 is 0 Å². The van der Waals surface area contributed by atoms with Crippen molar-refractivity contribution in [1.82, 2.24) is 0 Å². The van der Waals surface area contributed by atoms with E-state index in [1.807, 2.05) is 26.0 Å². The van der Waals surface area contributed by atoms with Gasteiger partial charge in [0.25, 0.3) is 0 Å². The van der Waals surface area contributed by atoms with Crippen LogP contribution in [0.1, 0.15) is 58.1 Å². The Morgan fingerprint density at radius 3 is 2.36 bits per heavy atom. The van der Waals surface area contributed by atoms with Crippen LogP contribution in [0.2, 0.25) is 0 Å². The quantitative estimate of drug-likeness (QED) is 0.733. The average Bonchev–Trinajstić information content (AvgIpc) is 2.63. The summed E-state index contributed by atoms with van der Waals surface area (Å²) in [6.45, 7) is 10.6. The Morgan fingerprint density at radius 1 is 1.23 bits per heavy atom. The van der Waals surface area contributed by atoms with Gasteiger partial charge in [0.05, 0.1) is 5.92 Å². The summed E-state index contributed by atoms with van der Waals surface area (Å²) in [7, 11) is 0. The van der Waals surface area contributed by atoms with E-state index in [1.54, 1.807) is 0 Å². The van der Waals surface area contributed by atoms with Crippen molar-refractivity contribution < 1.29 is 4.79 Å². The summed E-state index contributed by atoms with van der Waals surface area (Å²) in [5, 5.41) is 3.08. The molecule has 2 aliphatic rings. The molecule has 4 heteroatoms. The molecule has 0 saturated heterocycles. The Labute approximate surface area is 142 Å². The van der Waals surface area contributed by atoms with Gasteiger partial charge in [-0.15, -0.1) is 23.2 Å². The molecule has 1 aromatic carbocycles. The van der Waals surface area contributed by atoms with Crippen LogP contribution in [-0.4, -0.2) is 10.2 Å².